The van der Waals surface area contributed by atoms with Gasteiger partial charge in [0, 0.05) is 51.4 Å². The zero-order valence-electron chi connectivity index (χ0n) is 23.3. The molecule has 0 bridgehead atoms. The summed E-state index contributed by atoms with van der Waals surface area (Å²) >= 11 is 12.5. The van der Waals surface area contributed by atoms with Crippen LogP contribution >= 0.6 is 23.2 Å². The highest BCUT2D eigenvalue weighted by atomic mass is 35.5. The number of piperidine rings is 1. The molecule has 2 fully saturated rings. The van der Waals surface area contributed by atoms with Gasteiger partial charge in [-0.3, -0.25) is 9.69 Å². The summed E-state index contributed by atoms with van der Waals surface area (Å²) in [5, 5.41) is 11.4. The van der Waals surface area contributed by atoms with Crippen LogP contribution in [0.25, 0.3) is 11.6 Å². The lowest BCUT2D eigenvalue weighted by molar-refractivity contribution is 0.0253. The van der Waals surface area contributed by atoms with Gasteiger partial charge < -0.3 is 31.0 Å². The Hall–Kier alpha value is -3.42. The number of carbonyl (C=O) groups excluding carboxylic acids is 1. The fourth-order valence-corrected chi connectivity index (χ4v) is 6.19. The van der Waals surface area contributed by atoms with Gasteiger partial charge in [0.2, 0.25) is 0 Å². The molecule has 41 heavy (non-hydrogen) atoms. The maximum Gasteiger partial charge on any atom is 0.315 e. The molecule has 15 heteroatoms. The average molecular weight is 605 g/mol. The number of nitrogens with two attached hydrogens (primary N) is 2. The SMILES string of the molecule is CCNc1nnc(-c2nc(Cl)c(N3CCN(C4CCN(C(=O)c5ccc(Cl)nc5N)C[C@H]4C)[C@@H](CC)C3)nc2N)o1. The lowest BCUT2D eigenvalue weighted by Crippen LogP contribution is -2.61. The Morgan fingerprint density at radius 1 is 1.07 bits per heavy atom. The number of nitrogens with one attached hydrogen (secondary N) is 1. The number of halogens is 2. The molecule has 1 unspecified atom stereocenters. The number of anilines is 4. The van der Waals surface area contributed by atoms with E-state index >= 15 is 0 Å². The van der Waals surface area contributed by atoms with Crippen LogP contribution in [0.2, 0.25) is 10.3 Å². The van der Waals surface area contributed by atoms with Crippen molar-refractivity contribution in [1.29, 1.82) is 0 Å². The molecule has 5 heterocycles. The van der Waals surface area contributed by atoms with Crippen molar-refractivity contribution in [3.63, 3.8) is 0 Å². The molecule has 5 rings (SSSR count). The quantitative estimate of drug-likeness (QED) is 0.337. The molecule has 220 valence electrons. The predicted octanol–water partition coefficient (Wildman–Crippen LogP) is 3.28. The topological polar surface area (TPSA) is 168 Å². The summed E-state index contributed by atoms with van der Waals surface area (Å²) in [5.41, 5.74) is 12.9. The first-order chi connectivity index (χ1) is 19.7. The third kappa shape index (κ3) is 5.97. The number of nitrogen functional groups attached to an aromatic ring is 2. The molecule has 5 N–H and O–H groups in total. The second-order valence-electron chi connectivity index (χ2n) is 10.4. The lowest BCUT2D eigenvalue weighted by Gasteiger charge is -2.50. The highest BCUT2D eigenvalue weighted by molar-refractivity contribution is 6.32. The van der Waals surface area contributed by atoms with Crippen molar-refractivity contribution in [2.45, 2.75) is 45.7 Å². The number of hydrogen-bond acceptors (Lipinski definition) is 12. The summed E-state index contributed by atoms with van der Waals surface area (Å²) in [6, 6.07) is 4.13. The van der Waals surface area contributed by atoms with Crippen molar-refractivity contribution < 1.29 is 9.21 Å². The number of aromatic nitrogens is 5. The van der Waals surface area contributed by atoms with Gasteiger partial charge in [-0.25, -0.2) is 15.0 Å². The van der Waals surface area contributed by atoms with Crippen molar-refractivity contribution >= 4 is 52.6 Å². The zero-order chi connectivity index (χ0) is 29.3. The number of likely N-dealkylation sites (tertiary alicyclic amines) is 1. The maximum atomic E-state index is 13.2. The molecule has 1 amide bonds. The van der Waals surface area contributed by atoms with Crippen molar-refractivity contribution in [2.24, 2.45) is 5.92 Å². The van der Waals surface area contributed by atoms with Gasteiger partial charge in [-0.15, -0.1) is 5.10 Å². The van der Waals surface area contributed by atoms with Crippen molar-refractivity contribution in [3.8, 4) is 11.6 Å². The van der Waals surface area contributed by atoms with E-state index < -0.39 is 0 Å². The average Bonchev–Trinajstić information content (AvgIpc) is 3.42. The Balaban J connectivity index is 1.25. The summed E-state index contributed by atoms with van der Waals surface area (Å²) in [7, 11) is 0. The largest absolute Gasteiger partial charge is 0.402 e. The molecule has 0 spiro atoms. The second-order valence-corrected chi connectivity index (χ2v) is 11.2. The number of rotatable bonds is 7. The molecule has 0 radical (unpaired) electrons. The zero-order valence-corrected chi connectivity index (χ0v) is 24.9. The number of carbonyl (C=O) groups is 1. The number of hydrogen-bond donors (Lipinski definition) is 3. The van der Waals surface area contributed by atoms with E-state index in [-0.39, 0.29) is 57.4 Å². The van der Waals surface area contributed by atoms with Gasteiger partial charge in [0.1, 0.15) is 11.0 Å². The Morgan fingerprint density at radius 2 is 1.88 bits per heavy atom. The molecule has 0 saturated carbocycles. The minimum absolute atomic E-state index is 0.110. The summed E-state index contributed by atoms with van der Waals surface area (Å²) in [6.07, 6.45) is 1.81. The fourth-order valence-electron chi connectivity index (χ4n) is 5.79. The third-order valence-corrected chi connectivity index (χ3v) is 8.28. The Morgan fingerprint density at radius 3 is 2.59 bits per heavy atom. The molecule has 2 saturated heterocycles. The molecule has 0 aromatic carbocycles. The first-order valence-corrected chi connectivity index (χ1v) is 14.6. The van der Waals surface area contributed by atoms with Gasteiger partial charge in [-0.1, -0.05) is 42.1 Å². The number of amides is 1. The Kier molecular flexibility index (Phi) is 8.66. The van der Waals surface area contributed by atoms with E-state index in [1.807, 2.05) is 11.8 Å². The van der Waals surface area contributed by atoms with Crippen LogP contribution in [-0.2, 0) is 0 Å². The maximum absolute atomic E-state index is 13.2. The number of nitrogens with zero attached hydrogens (tertiary/aromatic N) is 8. The normalized spacial score (nSPS) is 21.7. The van der Waals surface area contributed by atoms with Gasteiger partial charge in [0.15, 0.2) is 22.5 Å². The van der Waals surface area contributed by atoms with Crippen LogP contribution in [0.15, 0.2) is 16.5 Å². The van der Waals surface area contributed by atoms with Crippen molar-refractivity contribution in [3.05, 3.63) is 28.0 Å². The monoisotopic (exact) mass is 603 g/mol. The van der Waals surface area contributed by atoms with Crippen LogP contribution < -0.4 is 21.7 Å². The molecule has 13 nitrogen and oxygen atoms in total. The molecule has 3 aromatic heterocycles. The highest BCUT2D eigenvalue weighted by Gasteiger charge is 2.38. The highest BCUT2D eigenvalue weighted by Crippen LogP contribution is 2.33. The minimum atomic E-state index is -0.110. The summed E-state index contributed by atoms with van der Waals surface area (Å²) in [6.45, 7) is 10.5. The first kappa shape index (κ1) is 29.1. The van der Waals surface area contributed by atoms with Gasteiger partial charge in [-0.2, -0.15) is 0 Å². The first-order valence-electron chi connectivity index (χ1n) is 13.8. The summed E-state index contributed by atoms with van der Waals surface area (Å²) in [4.78, 5) is 32.8. The minimum Gasteiger partial charge on any atom is -0.402 e. The van der Waals surface area contributed by atoms with Crippen LogP contribution in [-0.4, -0.2) is 92.2 Å². The van der Waals surface area contributed by atoms with Gasteiger partial charge in [0.05, 0.1) is 5.56 Å². The van der Waals surface area contributed by atoms with Crippen molar-refractivity contribution in [1.82, 2.24) is 34.9 Å². The Bertz CT molecular complexity index is 1400. The molecule has 3 atom stereocenters. The van der Waals surface area contributed by atoms with E-state index in [2.05, 4.69) is 54.1 Å². The van der Waals surface area contributed by atoms with Gasteiger partial charge in [0.25, 0.3) is 11.8 Å². The Labute approximate surface area is 248 Å². The van der Waals surface area contributed by atoms with Crippen LogP contribution in [0.5, 0.6) is 0 Å². The van der Waals surface area contributed by atoms with Crippen LogP contribution in [0, 0.1) is 5.92 Å². The predicted molar refractivity (Wildman–Crippen MR) is 159 cm³/mol. The third-order valence-electron chi connectivity index (χ3n) is 7.81. The summed E-state index contributed by atoms with van der Waals surface area (Å²) < 4.78 is 5.58. The van der Waals surface area contributed by atoms with E-state index in [0.29, 0.717) is 43.6 Å². The number of piperazine rings is 1. The second kappa shape index (κ2) is 12.2. The van der Waals surface area contributed by atoms with Gasteiger partial charge in [-0.05, 0) is 37.8 Å². The van der Waals surface area contributed by atoms with E-state index in [1.54, 1.807) is 12.1 Å². The molecular formula is C26H35Cl2N11O2. The molecule has 2 aliphatic heterocycles. The van der Waals surface area contributed by atoms with Crippen LogP contribution in [0.1, 0.15) is 44.0 Å². The van der Waals surface area contributed by atoms with E-state index in [1.165, 1.54) is 0 Å². The molecule has 2 aliphatic rings. The van der Waals surface area contributed by atoms with E-state index in [4.69, 9.17) is 39.1 Å². The summed E-state index contributed by atoms with van der Waals surface area (Å²) in [5.74, 6) is 1.19. The standard InChI is InChI=1S/C26H35Cl2N11O2/c1-4-15-13-37(23-20(28)33-19(22(30)34-23)24-35-36-26(41-24)31-5-2)10-11-39(15)17-8-9-38(12-14(17)3)25(40)16-6-7-18(27)32-21(16)29/h6-7,14-15,17H,4-5,8-13H2,1-3H3,(H2,29,32)(H2,30,34)(H,31,36)/t14-,15+,17?/m1/s1. The lowest BCUT2D eigenvalue weighted by atomic mass is 9.89. The fraction of sp³-hybridized carbons (Fsp3) is 0.538. The number of pyridine rings is 1. The van der Waals surface area contributed by atoms with Crippen LogP contribution in [0.3, 0.4) is 0 Å². The molecule has 0 aliphatic carbocycles. The van der Waals surface area contributed by atoms with E-state index in [9.17, 15) is 4.79 Å². The van der Waals surface area contributed by atoms with Crippen LogP contribution in [0.4, 0.5) is 23.5 Å². The molecular weight excluding hydrogens is 569 g/mol. The van der Waals surface area contributed by atoms with E-state index in [0.717, 1.165) is 25.9 Å². The molecule has 3 aromatic rings. The smallest absolute Gasteiger partial charge is 0.315 e. The van der Waals surface area contributed by atoms with Crippen molar-refractivity contribution in [2.75, 3.05) is 61.0 Å². The van der Waals surface area contributed by atoms with Gasteiger partial charge >= 0.3 is 6.01 Å².